The van der Waals surface area contributed by atoms with Crippen LogP contribution in [0.3, 0.4) is 0 Å². The van der Waals surface area contributed by atoms with E-state index in [-0.39, 0.29) is 28.9 Å². The predicted molar refractivity (Wildman–Crippen MR) is 110 cm³/mol. The number of hydrogen-bond donors (Lipinski definition) is 0. The molecule has 32 heavy (non-hydrogen) atoms. The fourth-order valence-electron chi connectivity index (χ4n) is 3.62. The summed E-state index contributed by atoms with van der Waals surface area (Å²) in [5.41, 5.74) is 0.611. The first-order valence-electron chi connectivity index (χ1n) is 9.55. The fourth-order valence-corrected chi connectivity index (χ4v) is 3.62. The Bertz CT molecular complexity index is 1330. The lowest BCUT2D eigenvalue weighted by Crippen LogP contribution is -2.14. The Morgan fingerprint density at radius 2 is 1.94 bits per heavy atom. The Hall–Kier alpha value is -3.75. The Kier molecular flexibility index (Phi) is 5.41. The van der Waals surface area contributed by atoms with Crippen molar-refractivity contribution in [3.63, 3.8) is 0 Å². The predicted octanol–water partition coefficient (Wildman–Crippen LogP) is 5.40. The topological polar surface area (TPSA) is 57.0 Å². The van der Waals surface area contributed by atoms with Gasteiger partial charge < -0.3 is 4.74 Å². The van der Waals surface area contributed by atoms with Gasteiger partial charge in [0.2, 0.25) is 0 Å². The van der Waals surface area contributed by atoms with Gasteiger partial charge in [-0.25, -0.2) is 9.18 Å². The minimum Gasteiger partial charge on any atom is -0.465 e. The summed E-state index contributed by atoms with van der Waals surface area (Å²) in [6, 6.07) is 9.43. The van der Waals surface area contributed by atoms with E-state index < -0.39 is 23.5 Å². The molecule has 0 radical (unpaired) electrons. The largest absolute Gasteiger partial charge is 0.465 e. The molecule has 0 amide bonds. The fraction of sp³-hybridized carbons (Fsp3) is 0.174. The number of esters is 1. The number of benzene rings is 2. The summed E-state index contributed by atoms with van der Waals surface area (Å²) in [6.07, 6.45) is -1.56. The van der Waals surface area contributed by atoms with Crippen LogP contribution in [0.2, 0.25) is 0 Å². The molecule has 0 fully saturated rings. The molecule has 0 N–H and O–H groups in total. The number of rotatable bonds is 4. The molecule has 0 atom stereocenters. The first-order valence-corrected chi connectivity index (χ1v) is 9.55. The number of ether oxygens (including phenoxy) is 1. The number of hydrogen-bond acceptors (Lipinski definition) is 4. The number of methoxy groups -OCH3 is 1. The number of carbonyl (C=O) groups is 1. The van der Waals surface area contributed by atoms with Crippen molar-refractivity contribution in [2.75, 3.05) is 7.11 Å². The standard InChI is InChI=1S/C23H17F4N3O2/c1-13-4-3-5-18(23(25,26)27)17(13)12-30-20-11-28-9-8-16(20)21(29-30)15-7-6-14(10-19(15)24)22(31)32-2/h3-11H,12H2,1-2H3. The lowest BCUT2D eigenvalue weighted by atomic mass is 10.0. The molecule has 0 saturated carbocycles. The van der Waals surface area contributed by atoms with Gasteiger partial charge in [-0.15, -0.1) is 0 Å². The third-order valence-corrected chi connectivity index (χ3v) is 5.22. The molecule has 0 aliphatic heterocycles. The summed E-state index contributed by atoms with van der Waals surface area (Å²) in [4.78, 5) is 15.7. The number of alkyl halides is 3. The van der Waals surface area contributed by atoms with E-state index in [1.165, 1.54) is 42.4 Å². The van der Waals surface area contributed by atoms with Crippen LogP contribution in [0.4, 0.5) is 17.6 Å². The van der Waals surface area contributed by atoms with E-state index in [0.29, 0.717) is 16.5 Å². The Balaban J connectivity index is 1.86. The van der Waals surface area contributed by atoms with Crippen molar-refractivity contribution in [1.29, 1.82) is 0 Å². The monoisotopic (exact) mass is 443 g/mol. The van der Waals surface area contributed by atoms with Crippen LogP contribution in [0, 0.1) is 12.7 Å². The highest BCUT2D eigenvalue weighted by Crippen LogP contribution is 2.35. The SMILES string of the molecule is COC(=O)c1ccc(-c2nn(Cc3c(C)cccc3C(F)(F)F)c3cnccc23)c(F)c1. The molecule has 0 spiro atoms. The van der Waals surface area contributed by atoms with Gasteiger partial charge in [-0.2, -0.15) is 18.3 Å². The van der Waals surface area contributed by atoms with Crippen LogP contribution >= 0.6 is 0 Å². The maximum absolute atomic E-state index is 14.9. The van der Waals surface area contributed by atoms with Crippen LogP contribution in [0.25, 0.3) is 22.2 Å². The summed E-state index contributed by atoms with van der Waals surface area (Å²) in [6.45, 7) is 1.42. The van der Waals surface area contributed by atoms with E-state index in [9.17, 15) is 22.4 Å². The van der Waals surface area contributed by atoms with Gasteiger partial charge in [-0.05, 0) is 48.4 Å². The van der Waals surface area contributed by atoms with Gasteiger partial charge in [0.1, 0.15) is 11.5 Å². The Labute approximate surface area is 180 Å². The zero-order valence-corrected chi connectivity index (χ0v) is 17.1. The van der Waals surface area contributed by atoms with E-state index in [2.05, 4.69) is 14.8 Å². The summed E-state index contributed by atoms with van der Waals surface area (Å²) in [7, 11) is 1.19. The zero-order chi connectivity index (χ0) is 23.0. The van der Waals surface area contributed by atoms with Crippen LogP contribution in [0.1, 0.15) is 27.0 Å². The van der Waals surface area contributed by atoms with Crippen molar-refractivity contribution in [3.05, 3.63) is 82.9 Å². The number of fused-ring (bicyclic) bond motifs is 1. The molecule has 164 valence electrons. The Morgan fingerprint density at radius 1 is 1.16 bits per heavy atom. The van der Waals surface area contributed by atoms with Crippen molar-refractivity contribution in [1.82, 2.24) is 14.8 Å². The van der Waals surface area contributed by atoms with Crippen LogP contribution in [-0.2, 0) is 17.5 Å². The molecule has 4 rings (SSSR count). The quantitative estimate of drug-likeness (QED) is 0.313. The maximum Gasteiger partial charge on any atom is 0.416 e. The van der Waals surface area contributed by atoms with Crippen molar-refractivity contribution in [2.24, 2.45) is 0 Å². The lowest BCUT2D eigenvalue weighted by molar-refractivity contribution is -0.138. The van der Waals surface area contributed by atoms with Gasteiger partial charge in [0, 0.05) is 17.1 Å². The summed E-state index contributed by atoms with van der Waals surface area (Å²) >= 11 is 0. The number of aromatic nitrogens is 3. The minimum atomic E-state index is -4.53. The van der Waals surface area contributed by atoms with Crippen LogP contribution in [0.15, 0.2) is 54.9 Å². The molecule has 0 unspecified atom stereocenters. The molecule has 0 saturated heterocycles. The lowest BCUT2D eigenvalue weighted by Gasteiger charge is -2.15. The molecule has 9 heteroatoms. The molecular weight excluding hydrogens is 426 g/mol. The normalized spacial score (nSPS) is 11.7. The highest BCUT2D eigenvalue weighted by atomic mass is 19.4. The average molecular weight is 443 g/mol. The maximum atomic E-state index is 14.9. The first kappa shape index (κ1) is 21.5. The van der Waals surface area contributed by atoms with Gasteiger partial charge >= 0.3 is 12.1 Å². The van der Waals surface area contributed by atoms with Gasteiger partial charge in [0.15, 0.2) is 0 Å². The van der Waals surface area contributed by atoms with Crippen molar-refractivity contribution < 1.29 is 27.1 Å². The summed E-state index contributed by atoms with van der Waals surface area (Å²) in [5.74, 6) is -1.39. The summed E-state index contributed by atoms with van der Waals surface area (Å²) < 4.78 is 61.6. The van der Waals surface area contributed by atoms with Gasteiger partial charge in [0.25, 0.3) is 0 Å². The average Bonchev–Trinajstić information content (AvgIpc) is 3.12. The third-order valence-electron chi connectivity index (χ3n) is 5.22. The summed E-state index contributed by atoms with van der Waals surface area (Å²) in [5, 5.41) is 4.95. The third kappa shape index (κ3) is 3.81. The molecule has 2 aromatic heterocycles. The highest BCUT2D eigenvalue weighted by Gasteiger charge is 2.34. The van der Waals surface area contributed by atoms with E-state index >= 15 is 0 Å². The molecule has 2 heterocycles. The molecule has 0 aliphatic carbocycles. The van der Waals surface area contributed by atoms with Crippen molar-refractivity contribution in [2.45, 2.75) is 19.6 Å². The minimum absolute atomic E-state index is 0.0360. The molecule has 0 aliphatic rings. The van der Waals surface area contributed by atoms with Crippen molar-refractivity contribution >= 4 is 16.9 Å². The number of aryl methyl sites for hydroxylation is 1. The van der Waals surface area contributed by atoms with E-state index in [1.54, 1.807) is 19.1 Å². The number of halogens is 4. The highest BCUT2D eigenvalue weighted by molar-refractivity contribution is 5.94. The Morgan fingerprint density at radius 3 is 2.62 bits per heavy atom. The first-order chi connectivity index (χ1) is 15.2. The number of carbonyl (C=O) groups excluding carboxylic acids is 1. The second-order valence-electron chi connectivity index (χ2n) is 7.18. The molecule has 5 nitrogen and oxygen atoms in total. The smallest absolute Gasteiger partial charge is 0.416 e. The van der Waals surface area contributed by atoms with Crippen LogP contribution in [-0.4, -0.2) is 27.8 Å². The van der Waals surface area contributed by atoms with Gasteiger partial charge in [-0.3, -0.25) is 9.67 Å². The van der Waals surface area contributed by atoms with E-state index in [4.69, 9.17) is 0 Å². The van der Waals surface area contributed by atoms with E-state index in [1.807, 2.05) is 0 Å². The molecule has 4 aromatic rings. The van der Waals surface area contributed by atoms with Crippen molar-refractivity contribution in [3.8, 4) is 11.3 Å². The zero-order valence-electron chi connectivity index (χ0n) is 17.1. The van der Waals surface area contributed by atoms with Crippen LogP contribution in [0.5, 0.6) is 0 Å². The van der Waals surface area contributed by atoms with Gasteiger partial charge in [-0.1, -0.05) is 12.1 Å². The second kappa shape index (κ2) is 8.07. The molecule has 2 aromatic carbocycles. The second-order valence-corrected chi connectivity index (χ2v) is 7.18. The number of pyridine rings is 1. The van der Waals surface area contributed by atoms with Crippen LogP contribution < -0.4 is 0 Å². The van der Waals surface area contributed by atoms with Gasteiger partial charge in [0.05, 0.1) is 36.5 Å². The molecule has 0 bridgehead atoms. The number of nitrogens with zero attached hydrogens (tertiary/aromatic N) is 3. The molecular formula is C23H17F4N3O2. The van der Waals surface area contributed by atoms with E-state index in [0.717, 1.165) is 12.1 Å².